The predicted octanol–water partition coefficient (Wildman–Crippen LogP) is 6.95. The van der Waals surface area contributed by atoms with E-state index in [0.29, 0.717) is 24.0 Å². The third-order valence-corrected chi connectivity index (χ3v) is 12.1. The molecule has 0 aliphatic carbocycles. The lowest BCUT2D eigenvalue weighted by Gasteiger charge is -2.32. The molecule has 2 aromatic carbocycles. The molecule has 2 aliphatic heterocycles. The standard InChI is InChI=1S/C19H25N3O2S.C11H17N3.C8H9ClO2S/c1-3-16-7-9-18(10-8-16)25(23,24)22-13-11-17(12-14-22)21-19-6-4-5-15(2)20-19;1-9-3-2-4-11(13-9)14-10-5-7-12-8-6-10;1-2-7-3-5-8(6-4-7)12(9,10)11/h4-10,17H,3,11-14H2,1-2H3,(H,20,21);2-4,10,12H,5-8H2,1H3,(H,13,14);3-6H,2H2,1H3. The van der Waals surface area contributed by atoms with Crippen molar-refractivity contribution in [3.05, 3.63) is 107 Å². The van der Waals surface area contributed by atoms with E-state index in [-0.39, 0.29) is 10.9 Å². The molecule has 0 amide bonds. The maximum absolute atomic E-state index is 12.8. The second-order valence-electron chi connectivity index (χ2n) is 12.8. The van der Waals surface area contributed by atoms with Crippen LogP contribution in [0.1, 0.15) is 62.0 Å². The van der Waals surface area contributed by atoms with E-state index in [1.807, 2.05) is 69.3 Å². The number of aromatic nitrogens is 2. The normalized spacial score (nSPS) is 15.9. The van der Waals surface area contributed by atoms with Crippen LogP contribution in [0.4, 0.5) is 11.6 Å². The predicted molar refractivity (Wildman–Crippen MR) is 208 cm³/mol. The summed E-state index contributed by atoms with van der Waals surface area (Å²) in [6.45, 7) is 11.3. The Balaban J connectivity index is 0.000000189. The SMILES string of the molecule is CCc1ccc(S(=O)(=O)Cl)cc1.CCc1ccc(S(=O)(=O)N2CCC(Nc3cccc(C)n3)CC2)cc1.Cc1cccc(NC2CCNCC2)n1. The van der Waals surface area contributed by atoms with Gasteiger partial charge < -0.3 is 16.0 Å². The number of hydrogen-bond acceptors (Lipinski definition) is 9. The summed E-state index contributed by atoms with van der Waals surface area (Å²) in [5.74, 6) is 1.87. The highest BCUT2D eigenvalue weighted by molar-refractivity contribution is 8.13. The van der Waals surface area contributed by atoms with E-state index in [9.17, 15) is 16.8 Å². The van der Waals surface area contributed by atoms with Crippen molar-refractivity contribution in [1.29, 1.82) is 0 Å². The van der Waals surface area contributed by atoms with Crippen molar-refractivity contribution < 1.29 is 16.8 Å². The molecule has 2 fully saturated rings. The van der Waals surface area contributed by atoms with Gasteiger partial charge in [-0.2, -0.15) is 4.31 Å². The lowest BCUT2D eigenvalue weighted by Crippen LogP contribution is -2.42. The smallest absolute Gasteiger partial charge is 0.261 e. The van der Waals surface area contributed by atoms with Crippen LogP contribution in [-0.2, 0) is 31.9 Å². The lowest BCUT2D eigenvalue weighted by atomic mass is 10.1. The fourth-order valence-electron chi connectivity index (χ4n) is 5.81. The second kappa shape index (κ2) is 19.3. The molecule has 6 rings (SSSR count). The monoisotopic (exact) mass is 754 g/mol. The summed E-state index contributed by atoms with van der Waals surface area (Å²) in [5.41, 5.74) is 4.29. The minimum absolute atomic E-state index is 0.154. The molecule has 10 nitrogen and oxygen atoms in total. The average molecular weight is 755 g/mol. The van der Waals surface area contributed by atoms with E-state index >= 15 is 0 Å². The number of rotatable bonds is 9. The van der Waals surface area contributed by atoms with Gasteiger partial charge in [0.1, 0.15) is 11.6 Å². The van der Waals surface area contributed by atoms with Crippen LogP contribution in [0.5, 0.6) is 0 Å². The van der Waals surface area contributed by atoms with Gasteiger partial charge in [0, 0.05) is 47.2 Å². The van der Waals surface area contributed by atoms with Gasteiger partial charge in [-0.1, -0.05) is 50.2 Å². The van der Waals surface area contributed by atoms with E-state index < -0.39 is 19.1 Å². The van der Waals surface area contributed by atoms with Gasteiger partial charge in [-0.25, -0.2) is 26.8 Å². The van der Waals surface area contributed by atoms with Crippen molar-refractivity contribution in [1.82, 2.24) is 19.6 Å². The van der Waals surface area contributed by atoms with E-state index in [0.717, 1.165) is 72.9 Å². The Bertz CT molecular complexity index is 1880. The maximum atomic E-state index is 12.8. The number of benzene rings is 2. The van der Waals surface area contributed by atoms with Gasteiger partial charge in [0.15, 0.2) is 0 Å². The highest BCUT2D eigenvalue weighted by Gasteiger charge is 2.29. The van der Waals surface area contributed by atoms with E-state index in [1.165, 1.54) is 25.0 Å². The zero-order chi connectivity index (χ0) is 36.9. The number of halogens is 1. The number of nitrogens with zero attached hydrogens (tertiary/aromatic N) is 3. The molecule has 2 saturated heterocycles. The molecular weight excluding hydrogens is 704 g/mol. The zero-order valence-corrected chi connectivity index (χ0v) is 32.4. The van der Waals surface area contributed by atoms with Gasteiger partial charge in [0.05, 0.1) is 9.79 Å². The van der Waals surface area contributed by atoms with Gasteiger partial charge in [0.2, 0.25) is 10.0 Å². The van der Waals surface area contributed by atoms with Crippen molar-refractivity contribution in [2.45, 2.75) is 88.1 Å². The Hall–Kier alpha value is -3.55. The van der Waals surface area contributed by atoms with Gasteiger partial charge in [-0.05, 0) is 125 Å². The first-order valence-corrected chi connectivity index (χ1v) is 21.4. The molecule has 3 N–H and O–H groups in total. The Morgan fingerprint density at radius 2 is 1.10 bits per heavy atom. The molecule has 2 aliphatic rings. The number of pyridine rings is 2. The van der Waals surface area contributed by atoms with Gasteiger partial charge >= 0.3 is 0 Å². The van der Waals surface area contributed by atoms with Gasteiger partial charge in [-0.15, -0.1) is 0 Å². The first-order chi connectivity index (χ1) is 24.4. The minimum Gasteiger partial charge on any atom is -0.367 e. The highest BCUT2D eigenvalue weighted by atomic mass is 35.7. The van der Waals surface area contributed by atoms with Crippen molar-refractivity contribution in [2.24, 2.45) is 0 Å². The zero-order valence-electron chi connectivity index (χ0n) is 30.0. The van der Waals surface area contributed by atoms with Crippen LogP contribution in [0, 0.1) is 13.8 Å². The average Bonchev–Trinajstić information content (AvgIpc) is 3.12. The van der Waals surface area contributed by atoms with Crippen LogP contribution < -0.4 is 16.0 Å². The highest BCUT2D eigenvalue weighted by Crippen LogP contribution is 2.23. The largest absolute Gasteiger partial charge is 0.367 e. The number of hydrogen-bond donors (Lipinski definition) is 3. The third-order valence-electron chi connectivity index (χ3n) is 8.86. The Morgan fingerprint density at radius 1 is 0.667 bits per heavy atom. The number of aryl methyl sites for hydroxylation is 4. The fraction of sp³-hybridized carbons (Fsp3) is 0.421. The number of anilines is 2. The molecule has 51 heavy (non-hydrogen) atoms. The van der Waals surface area contributed by atoms with Crippen molar-refractivity contribution in [3.63, 3.8) is 0 Å². The van der Waals surface area contributed by atoms with Crippen LogP contribution in [-0.4, -0.2) is 69.4 Å². The molecule has 4 heterocycles. The Morgan fingerprint density at radius 3 is 1.51 bits per heavy atom. The molecule has 0 unspecified atom stereocenters. The molecular formula is C38H51ClN6O4S2. The molecule has 276 valence electrons. The van der Waals surface area contributed by atoms with Crippen LogP contribution in [0.15, 0.2) is 94.7 Å². The minimum atomic E-state index is -3.56. The summed E-state index contributed by atoms with van der Waals surface area (Å²) < 4.78 is 48.8. The summed E-state index contributed by atoms with van der Waals surface area (Å²) in [6, 6.07) is 26.6. The quantitative estimate of drug-likeness (QED) is 0.155. The third kappa shape index (κ3) is 12.9. The number of sulfonamides is 1. The molecule has 0 spiro atoms. The van der Waals surface area contributed by atoms with E-state index in [1.54, 1.807) is 28.6 Å². The molecule has 0 bridgehead atoms. The summed E-state index contributed by atoms with van der Waals surface area (Å²) in [6.07, 6.45) is 5.74. The van der Waals surface area contributed by atoms with E-state index in [4.69, 9.17) is 10.7 Å². The van der Waals surface area contributed by atoms with Crippen LogP contribution >= 0.6 is 10.7 Å². The lowest BCUT2D eigenvalue weighted by molar-refractivity contribution is 0.329. The fourth-order valence-corrected chi connectivity index (χ4v) is 8.05. The van der Waals surface area contributed by atoms with Crippen LogP contribution in [0.25, 0.3) is 0 Å². The molecule has 0 saturated carbocycles. The van der Waals surface area contributed by atoms with Crippen LogP contribution in [0.2, 0.25) is 0 Å². The number of nitrogens with one attached hydrogen (secondary N) is 3. The molecule has 2 aromatic heterocycles. The maximum Gasteiger partial charge on any atom is 0.261 e. The first-order valence-electron chi connectivity index (χ1n) is 17.6. The second-order valence-corrected chi connectivity index (χ2v) is 17.3. The molecule has 0 atom stereocenters. The van der Waals surface area contributed by atoms with Crippen molar-refractivity contribution >= 4 is 41.4 Å². The van der Waals surface area contributed by atoms with Gasteiger partial charge in [0.25, 0.3) is 9.05 Å². The van der Waals surface area contributed by atoms with Gasteiger partial charge in [-0.3, -0.25) is 0 Å². The van der Waals surface area contributed by atoms with Crippen LogP contribution in [0.3, 0.4) is 0 Å². The van der Waals surface area contributed by atoms with Crippen molar-refractivity contribution in [3.8, 4) is 0 Å². The summed E-state index contributed by atoms with van der Waals surface area (Å²) in [7, 11) is -1.83. The molecule has 4 aromatic rings. The summed E-state index contributed by atoms with van der Waals surface area (Å²) >= 11 is 0. The topological polar surface area (TPSA) is 133 Å². The summed E-state index contributed by atoms with van der Waals surface area (Å²) in [4.78, 5) is 9.43. The van der Waals surface area contributed by atoms with Crippen molar-refractivity contribution in [2.75, 3.05) is 36.8 Å². The number of piperidine rings is 2. The molecule has 13 heteroatoms. The summed E-state index contributed by atoms with van der Waals surface area (Å²) in [5, 5.41) is 10.2. The first kappa shape index (κ1) is 40.2. The Labute approximate surface area is 308 Å². The Kier molecular flexibility index (Phi) is 15.2. The molecule has 0 radical (unpaired) electrons. The van der Waals surface area contributed by atoms with E-state index in [2.05, 4.69) is 32.8 Å².